The summed E-state index contributed by atoms with van der Waals surface area (Å²) in [4.78, 5) is 16.4. The van der Waals surface area contributed by atoms with Gasteiger partial charge in [-0.05, 0) is 43.2 Å². The predicted molar refractivity (Wildman–Crippen MR) is 111 cm³/mol. The number of benzene rings is 2. The highest BCUT2D eigenvalue weighted by atomic mass is 32.1. The molecule has 1 aliphatic carbocycles. The number of hydrogen-bond donors (Lipinski definition) is 1. The second-order valence-electron chi connectivity index (χ2n) is 7.69. The molecule has 1 N–H and O–H groups in total. The molecule has 2 aromatic heterocycles. The van der Waals surface area contributed by atoms with E-state index < -0.39 is 23.0 Å². The number of carbonyl (C=O) groups excluding carboxylic acids is 1. The summed E-state index contributed by atoms with van der Waals surface area (Å²) in [6.45, 7) is 0. The van der Waals surface area contributed by atoms with Gasteiger partial charge in [0.15, 0.2) is 5.82 Å². The van der Waals surface area contributed by atoms with Crippen LogP contribution >= 0.6 is 11.3 Å². The van der Waals surface area contributed by atoms with Crippen molar-refractivity contribution in [3.63, 3.8) is 0 Å². The number of amides is 1. The van der Waals surface area contributed by atoms with Gasteiger partial charge in [0.05, 0.1) is 22.7 Å². The zero-order valence-electron chi connectivity index (χ0n) is 16.9. The molecular formula is C22H14F3N5O2S. The van der Waals surface area contributed by atoms with Crippen molar-refractivity contribution in [1.82, 2.24) is 20.5 Å². The van der Waals surface area contributed by atoms with E-state index in [1.807, 2.05) is 0 Å². The highest BCUT2D eigenvalue weighted by molar-refractivity contribution is 7.18. The van der Waals surface area contributed by atoms with Crippen molar-refractivity contribution < 1.29 is 22.4 Å². The summed E-state index contributed by atoms with van der Waals surface area (Å²) in [7, 11) is 0. The molecule has 166 valence electrons. The quantitative estimate of drug-likeness (QED) is 0.457. The summed E-state index contributed by atoms with van der Waals surface area (Å²) in [5, 5.41) is 19.9. The number of hydrogen-bond acceptors (Lipinski definition) is 7. The molecule has 1 fully saturated rings. The molecule has 5 rings (SSSR count). The van der Waals surface area contributed by atoms with Crippen molar-refractivity contribution in [2.45, 2.75) is 31.2 Å². The maximum atomic E-state index is 15.1. The maximum Gasteiger partial charge on any atom is 0.230 e. The SMILES string of the molecule is N#CC1(NC(=O)Cc2nnc(Cc3nc4ccc(-c5cc(F)ccc5F)c(F)c4s3)o2)CC1. The molecule has 2 aromatic carbocycles. The summed E-state index contributed by atoms with van der Waals surface area (Å²) >= 11 is 1.03. The molecule has 0 unspecified atom stereocenters. The number of rotatable bonds is 6. The first-order valence-corrected chi connectivity index (χ1v) is 10.7. The summed E-state index contributed by atoms with van der Waals surface area (Å²) in [6, 6.07) is 7.82. The van der Waals surface area contributed by atoms with Crippen molar-refractivity contribution in [2.24, 2.45) is 0 Å². The Morgan fingerprint density at radius 2 is 1.94 bits per heavy atom. The first-order chi connectivity index (χ1) is 15.9. The smallest absolute Gasteiger partial charge is 0.230 e. The Balaban J connectivity index is 1.34. The normalized spacial score (nSPS) is 14.2. The van der Waals surface area contributed by atoms with Crippen LogP contribution in [-0.4, -0.2) is 26.6 Å². The highest BCUT2D eigenvalue weighted by Crippen LogP contribution is 2.35. The van der Waals surface area contributed by atoms with Gasteiger partial charge in [0, 0.05) is 11.1 Å². The topological polar surface area (TPSA) is 105 Å². The summed E-state index contributed by atoms with van der Waals surface area (Å²) < 4.78 is 48.4. The van der Waals surface area contributed by atoms with Gasteiger partial charge in [0.25, 0.3) is 0 Å². The fourth-order valence-electron chi connectivity index (χ4n) is 3.39. The third kappa shape index (κ3) is 4.17. The minimum absolute atomic E-state index is 0.0633. The van der Waals surface area contributed by atoms with Crippen LogP contribution in [0, 0.1) is 28.8 Å². The molecule has 0 spiro atoms. The van der Waals surface area contributed by atoms with E-state index in [2.05, 4.69) is 26.6 Å². The molecular weight excluding hydrogens is 455 g/mol. The molecule has 33 heavy (non-hydrogen) atoms. The number of carbonyl (C=O) groups is 1. The van der Waals surface area contributed by atoms with Crippen LogP contribution < -0.4 is 5.32 Å². The van der Waals surface area contributed by atoms with Gasteiger partial charge in [-0.25, -0.2) is 18.2 Å². The van der Waals surface area contributed by atoms with Gasteiger partial charge in [-0.1, -0.05) is 0 Å². The molecule has 2 heterocycles. The lowest BCUT2D eigenvalue weighted by Crippen LogP contribution is -2.36. The van der Waals surface area contributed by atoms with Gasteiger partial charge in [0.2, 0.25) is 17.7 Å². The summed E-state index contributed by atoms with van der Waals surface area (Å²) in [5.74, 6) is -2.21. The van der Waals surface area contributed by atoms with Crippen LogP contribution in [0.15, 0.2) is 34.7 Å². The minimum atomic E-state index is -0.779. The van der Waals surface area contributed by atoms with E-state index in [9.17, 15) is 13.6 Å². The lowest BCUT2D eigenvalue weighted by atomic mass is 10.0. The van der Waals surface area contributed by atoms with E-state index in [0.29, 0.717) is 23.4 Å². The van der Waals surface area contributed by atoms with Crippen molar-refractivity contribution >= 4 is 27.5 Å². The first-order valence-electron chi connectivity index (χ1n) is 9.93. The Morgan fingerprint density at radius 1 is 1.15 bits per heavy atom. The average Bonchev–Trinajstić information content (AvgIpc) is 3.21. The molecule has 0 aliphatic heterocycles. The predicted octanol–water partition coefficient (Wildman–Crippen LogP) is 4.07. The van der Waals surface area contributed by atoms with Crippen molar-refractivity contribution in [3.8, 4) is 17.2 Å². The lowest BCUT2D eigenvalue weighted by molar-refractivity contribution is -0.121. The van der Waals surface area contributed by atoms with Gasteiger partial charge in [-0.15, -0.1) is 21.5 Å². The fraction of sp³-hybridized carbons (Fsp3) is 0.227. The first kappa shape index (κ1) is 21.1. The number of thiazole rings is 1. The minimum Gasteiger partial charge on any atom is -0.424 e. The molecule has 1 aliphatic rings. The third-order valence-electron chi connectivity index (χ3n) is 5.23. The highest BCUT2D eigenvalue weighted by Gasteiger charge is 2.44. The largest absolute Gasteiger partial charge is 0.424 e. The maximum absolute atomic E-state index is 15.1. The van der Waals surface area contributed by atoms with Crippen molar-refractivity contribution in [2.75, 3.05) is 0 Å². The van der Waals surface area contributed by atoms with Gasteiger partial charge >= 0.3 is 0 Å². The number of nitrogens with one attached hydrogen (secondary N) is 1. The molecule has 0 saturated heterocycles. The van der Waals surface area contributed by atoms with E-state index >= 15 is 4.39 Å². The van der Waals surface area contributed by atoms with Crippen molar-refractivity contribution in [3.05, 3.63) is 64.6 Å². The van der Waals surface area contributed by atoms with Crippen LogP contribution in [-0.2, 0) is 17.6 Å². The number of nitrogens with zero attached hydrogens (tertiary/aromatic N) is 4. The van der Waals surface area contributed by atoms with Gasteiger partial charge < -0.3 is 9.73 Å². The molecule has 0 bridgehead atoms. The molecule has 4 aromatic rings. The third-order valence-corrected chi connectivity index (χ3v) is 6.29. The average molecular weight is 469 g/mol. The zero-order valence-corrected chi connectivity index (χ0v) is 17.7. The van der Waals surface area contributed by atoms with Crippen molar-refractivity contribution in [1.29, 1.82) is 5.26 Å². The standard InChI is InChI=1S/C22H14F3N5O2S/c23-11-1-3-14(24)13(7-11)12-2-4-15-21(20(12)25)33-19(27-15)9-18-30-29-17(32-18)8-16(31)28-22(10-26)5-6-22/h1-4,7H,5-6,8-9H2,(H,28,31). The van der Waals surface area contributed by atoms with Crippen LogP contribution in [0.5, 0.6) is 0 Å². The summed E-state index contributed by atoms with van der Waals surface area (Å²) in [5.41, 5.74) is -0.656. The molecule has 0 radical (unpaired) electrons. The van der Waals surface area contributed by atoms with Crippen LogP contribution in [0.1, 0.15) is 29.6 Å². The monoisotopic (exact) mass is 469 g/mol. The van der Waals surface area contributed by atoms with Gasteiger partial charge in [-0.3, -0.25) is 4.79 Å². The number of nitriles is 1. The van der Waals surface area contributed by atoms with Gasteiger partial charge in [0.1, 0.15) is 28.6 Å². The molecule has 1 amide bonds. The molecule has 7 nitrogen and oxygen atoms in total. The van der Waals surface area contributed by atoms with E-state index in [-0.39, 0.29) is 46.4 Å². The van der Waals surface area contributed by atoms with E-state index in [1.54, 1.807) is 0 Å². The van der Waals surface area contributed by atoms with Crippen LogP contribution in [0.25, 0.3) is 21.3 Å². The van der Waals surface area contributed by atoms with Crippen LogP contribution in [0.2, 0.25) is 0 Å². The Bertz CT molecular complexity index is 1440. The van der Waals surface area contributed by atoms with Gasteiger partial charge in [-0.2, -0.15) is 5.26 Å². The van der Waals surface area contributed by atoms with E-state index in [1.165, 1.54) is 12.1 Å². The molecule has 1 saturated carbocycles. The second kappa shape index (κ2) is 7.97. The van der Waals surface area contributed by atoms with Crippen LogP contribution in [0.3, 0.4) is 0 Å². The second-order valence-corrected chi connectivity index (χ2v) is 8.78. The van der Waals surface area contributed by atoms with E-state index in [4.69, 9.17) is 9.68 Å². The number of aromatic nitrogens is 3. The summed E-state index contributed by atoms with van der Waals surface area (Å²) in [6.07, 6.45) is 1.19. The van der Waals surface area contributed by atoms with Crippen LogP contribution in [0.4, 0.5) is 13.2 Å². The Labute approximate surface area is 188 Å². The Kier molecular flexibility index (Phi) is 5.09. The van der Waals surface area contributed by atoms with E-state index in [0.717, 1.165) is 29.5 Å². The Hall–Kier alpha value is -3.78. The lowest BCUT2D eigenvalue weighted by Gasteiger charge is -2.06. The number of halogens is 3. The Morgan fingerprint density at radius 3 is 2.70 bits per heavy atom. The molecule has 11 heteroatoms. The molecule has 0 atom stereocenters. The number of fused-ring (bicyclic) bond motifs is 1. The fourth-order valence-corrected chi connectivity index (χ4v) is 4.39. The zero-order chi connectivity index (χ0) is 23.2.